The number of allylic oxidation sites excluding steroid dienone is 1. The van der Waals surface area contributed by atoms with Gasteiger partial charge < -0.3 is 9.47 Å². The Morgan fingerprint density at radius 1 is 1.08 bits per heavy atom. The molecule has 2 heterocycles. The predicted molar refractivity (Wildman–Crippen MR) is 102 cm³/mol. The molecule has 0 fully saturated rings. The van der Waals surface area contributed by atoms with Crippen LogP contribution in [0.1, 0.15) is 11.5 Å². The maximum atomic E-state index is 5.46. The normalized spacial score (nSPS) is 16.3. The summed E-state index contributed by atoms with van der Waals surface area (Å²) in [5.74, 6) is 2.92. The number of fused-ring (bicyclic) bond motifs is 1. The Labute approximate surface area is 150 Å². The summed E-state index contributed by atoms with van der Waals surface area (Å²) in [5, 5.41) is 11.6. The van der Waals surface area contributed by atoms with Gasteiger partial charge in [-0.05, 0) is 22.6 Å². The molecular weight excluding hydrogens is 332 g/mol. The molecule has 0 bridgehead atoms. The van der Waals surface area contributed by atoms with Gasteiger partial charge in [0.15, 0.2) is 11.5 Å². The molecule has 4 rings (SSSR count). The van der Waals surface area contributed by atoms with Gasteiger partial charge >= 0.3 is 0 Å². The van der Waals surface area contributed by atoms with Crippen LogP contribution >= 0.6 is 11.8 Å². The molecule has 4 nitrogen and oxygen atoms in total. The van der Waals surface area contributed by atoms with E-state index in [-0.39, 0.29) is 0 Å². The third-order valence-electron chi connectivity index (χ3n) is 4.45. The van der Waals surface area contributed by atoms with E-state index in [9.17, 15) is 0 Å². The Morgan fingerprint density at radius 2 is 1.92 bits per heavy atom. The monoisotopic (exact) mass is 350 g/mol. The number of aromatic nitrogens is 2. The van der Waals surface area contributed by atoms with Crippen molar-refractivity contribution in [2.45, 2.75) is 5.92 Å². The van der Waals surface area contributed by atoms with Crippen LogP contribution in [0.15, 0.2) is 54.1 Å². The molecule has 0 N–H and O–H groups in total. The lowest BCUT2D eigenvalue weighted by Gasteiger charge is -2.13. The molecule has 1 unspecified atom stereocenters. The van der Waals surface area contributed by atoms with Crippen molar-refractivity contribution in [1.29, 1.82) is 0 Å². The third kappa shape index (κ3) is 2.96. The van der Waals surface area contributed by atoms with Crippen molar-refractivity contribution in [2.24, 2.45) is 0 Å². The van der Waals surface area contributed by atoms with Crippen LogP contribution in [0.2, 0.25) is 0 Å². The van der Waals surface area contributed by atoms with Crippen molar-refractivity contribution in [3.8, 4) is 22.6 Å². The van der Waals surface area contributed by atoms with Crippen molar-refractivity contribution >= 4 is 22.7 Å². The van der Waals surface area contributed by atoms with Crippen molar-refractivity contribution in [2.75, 3.05) is 20.0 Å². The molecule has 1 aliphatic heterocycles. The lowest BCUT2D eigenvalue weighted by molar-refractivity contribution is 0.356. The molecule has 0 amide bonds. The summed E-state index contributed by atoms with van der Waals surface area (Å²) in [4.78, 5) is 0. The molecule has 2 aromatic carbocycles. The molecule has 0 saturated carbocycles. The average Bonchev–Trinajstić information content (AvgIpc) is 3.21. The molecule has 5 heteroatoms. The first-order valence-electron chi connectivity index (χ1n) is 8.06. The first-order valence-corrected chi connectivity index (χ1v) is 9.11. The minimum atomic E-state index is 0.473. The van der Waals surface area contributed by atoms with Crippen molar-refractivity contribution in [3.05, 3.63) is 59.6 Å². The van der Waals surface area contributed by atoms with E-state index in [1.165, 1.54) is 5.56 Å². The van der Waals surface area contributed by atoms with Gasteiger partial charge in [0, 0.05) is 28.7 Å². The molecule has 0 spiro atoms. The maximum absolute atomic E-state index is 5.46. The number of hydrogen-bond acceptors (Lipinski definition) is 5. The number of benzene rings is 2. The van der Waals surface area contributed by atoms with Gasteiger partial charge in [-0.1, -0.05) is 30.3 Å². The van der Waals surface area contributed by atoms with E-state index in [2.05, 4.69) is 45.9 Å². The van der Waals surface area contributed by atoms with Gasteiger partial charge in [-0.15, -0.1) is 11.8 Å². The SMILES string of the molecule is COc1cc2nncc(-c3cccc(C4C=CSC4)c3)c2cc1OC. The van der Waals surface area contributed by atoms with E-state index in [4.69, 9.17) is 9.47 Å². The van der Waals surface area contributed by atoms with Gasteiger partial charge in [0.25, 0.3) is 0 Å². The maximum Gasteiger partial charge on any atom is 0.162 e. The second-order valence-electron chi connectivity index (χ2n) is 5.88. The van der Waals surface area contributed by atoms with E-state index in [0.717, 1.165) is 27.8 Å². The fourth-order valence-electron chi connectivity index (χ4n) is 3.12. The van der Waals surface area contributed by atoms with E-state index in [1.807, 2.05) is 30.1 Å². The summed E-state index contributed by atoms with van der Waals surface area (Å²) in [7, 11) is 3.26. The average molecular weight is 350 g/mol. The molecule has 0 aliphatic carbocycles. The summed E-state index contributed by atoms with van der Waals surface area (Å²) in [6.45, 7) is 0. The Morgan fingerprint density at radius 3 is 2.68 bits per heavy atom. The topological polar surface area (TPSA) is 44.2 Å². The smallest absolute Gasteiger partial charge is 0.162 e. The quantitative estimate of drug-likeness (QED) is 0.685. The summed E-state index contributed by atoms with van der Waals surface area (Å²) in [6, 6.07) is 12.5. The number of nitrogens with zero attached hydrogens (tertiary/aromatic N) is 2. The number of hydrogen-bond donors (Lipinski definition) is 0. The van der Waals surface area contributed by atoms with E-state index < -0.39 is 0 Å². The lowest BCUT2D eigenvalue weighted by Crippen LogP contribution is -1.96. The van der Waals surface area contributed by atoms with Crippen LogP contribution in [-0.4, -0.2) is 30.2 Å². The summed E-state index contributed by atoms with van der Waals surface area (Å²) in [5.41, 5.74) is 4.29. The second kappa shape index (κ2) is 6.76. The fourth-order valence-corrected chi connectivity index (χ4v) is 4.05. The molecule has 25 heavy (non-hydrogen) atoms. The molecule has 1 aliphatic rings. The summed E-state index contributed by atoms with van der Waals surface area (Å²) in [6.07, 6.45) is 4.08. The molecule has 1 aromatic heterocycles. The Hall–Kier alpha value is -2.53. The fraction of sp³-hybridized carbons (Fsp3) is 0.200. The first kappa shape index (κ1) is 16.0. The second-order valence-corrected chi connectivity index (χ2v) is 6.82. The zero-order chi connectivity index (χ0) is 17.2. The van der Waals surface area contributed by atoms with Crippen molar-refractivity contribution < 1.29 is 9.47 Å². The third-order valence-corrected chi connectivity index (χ3v) is 5.35. The number of rotatable bonds is 4. The van der Waals surface area contributed by atoms with Crippen molar-refractivity contribution in [1.82, 2.24) is 10.2 Å². The van der Waals surface area contributed by atoms with Crippen LogP contribution in [0.5, 0.6) is 11.5 Å². The van der Waals surface area contributed by atoms with Gasteiger partial charge in [0.1, 0.15) is 0 Å². The van der Waals surface area contributed by atoms with Gasteiger partial charge in [-0.2, -0.15) is 10.2 Å². The number of methoxy groups -OCH3 is 2. The van der Waals surface area contributed by atoms with Gasteiger partial charge in [0.2, 0.25) is 0 Å². The van der Waals surface area contributed by atoms with Gasteiger partial charge in [0.05, 0.1) is 25.9 Å². The van der Waals surface area contributed by atoms with Crippen LogP contribution in [0.25, 0.3) is 22.0 Å². The highest BCUT2D eigenvalue weighted by Gasteiger charge is 2.15. The van der Waals surface area contributed by atoms with Crippen LogP contribution in [-0.2, 0) is 0 Å². The molecule has 0 saturated heterocycles. The first-order chi connectivity index (χ1) is 12.3. The minimum absolute atomic E-state index is 0.473. The minimum Gasteiger partial charge on any atom is -0.493 e. The highest BCUT2D eigenvalue weighted by molar-refractivity contribution is 8.02. The van der Waals surface area contributed by atoms with Crippen LogP contribution in [0.3, 0.4) is 0 Å². The van der Waals surface area contributed by atoms with Crippen molar-refractivity contribution in [3.63, 3.8) is 0 Å². The predicted octanol–water partition coefficient (Wildman–Crippen LogP) is 4.66. The lowest BCUT2D eigenvalue weighted by atomic mass is 9.95. The molecular formula is C20H18N2O2S. The van der Waals surface area contributed by atoms with E-state index in [1.54, 1.807) is 14.2 Å². The zero-order valence-corrected chi connectivity index (χ0v) is 14.9. The Bertz CT molecular complexity index is 956. The van der Waals surface area contributed by atoms with Crippen LogP contribution in [0, 0.1) is 0 Å². The Balaban J connectivity index is 1.86. The van der Waals surface area contributed by atoms with Crippen LogP contribution < -0.4 is 9.47 Å². The van der Waals surface area contributed by atoms with Gasteiger partial charge in [-0.3, -0.25) is 0 Å². The van der Waals surface area contributed by atoms with E-state index >= 15 is 0 Å². The number of ether oxygens (including phenoxy) is 2. The highest BCUT2D eigenvalue weighted by Crippen LogP contribution is 2.37. The summed E-state index contributed by atoms with van der Waals surface area (Å²) < 4.78 is 10.8. The molecule has 126 valence electrons. The van der Waals surface area contributed by atoms with E-state index in [0.29, 0.717) is 17.4 Å². The number of thioether (sulfide) groups is 1. The Kier molecular flexibility index (Phi) is 4.32. The zero-order valence-electron chi connectivity index (χ0n) is 14.1. The highest BCUT2D eigenvalue weighted by atomic mass is 32.2. The molecule has 1 atom stereocenters. The summed E-state index contributed by atoms with van der Waals surface area (Å²) >= 11 is 1.86. The van der Waals surface area contributed by atoms with Gasteiger partial charge in [-0.25, -0.2) is 0 Å². The largest absolute Gasteiger partial charge is 0.493 e. The standard InChI is InChI=1S/C20H18N2O2S/c1-23-19-9-16-17(11-21-22-18(16)10-20(19)24-2)14-5-3-4-13(8-14)15-6-7-25-12-15/h3-11,15H,12H2,1-2H3. The van der Waals surface area contributed by atoms with Crippen LogP contribution in [0.4, 0.5) is 0 Å². The molecule has 0 radical (unpaired) electrons. The molecule has 3 aromatic rings.